The molecule has 1 unspecified atom stereocenters. The van der Waals surface area contributed by atoms with Gasteiger partial charge in [-0.1, -0.05) is 19.9 Å². The van der Waals surface area contributed by atoms with Gasteiger partial charge in [0.25, 0.3) is 0 Å². The fourth-order valence-electron chi connectivity index (χ4n) is 2.99. The Morgan fingerprint density at radius 3 is 2.76 bits per heavy atom. The molecule has 0 spiro atoms. The lowest BCUT2D eigenvalue weighted by Gasteiger charge is -2.34. The van der Waals surface area contributed by atoms with E-state index in [2.05, 4.69) is 30.1 Å². The maximum absolute atomic E-state index is 5.50. The van der Waals surface area contributed by atoms with Gasteiger partial charge in [0.05, 0.1) is 14.2 Å². The molecule has 1 aromatic rings. The van der Waals surface area contributed by atoms with Crippen LogP contribution >= 0.6 is 0 Å². The minimum absolute atomic E-state index is 0.600. The van der Waals surface area contributed by atoms with E-state index in [9.17, 15) is 0 Å². The largest absolute Gasteiger partial charge is 0.497 e. The quantitative estimate of drug-likeness (QED) is 0.873. The molecule has 1 atom stereocenters. The van der Waals surface area contributed by atoms with Gasteiger partial charge in [0.15, 0.2) is 0 Å². The molecule has 4 nitrogen and oxygen atoms in total. The first-order valence-corrected chi connectivity index (χ1v) is 7.79. The van der Waals surface area contributed by atoms with Gasteiger partial charge in [-0.2, -0.15) is 0 Å². The van der Waals surface area contributed by atoms with Gasteiger partial charge in [0, 0.05) is 43.9 Å². The van der Waals surface area contributed by atoms with E-state index < -0.39 is 0 Å². The van der Waals surface area contributed by atoms with Crippen molar-refractivity contribution in [3.63, 3.8) is 0 Å². The molecule has 0 aromatic heterocycles. The zero-order valence-corrected chi connectivity index (χ0v) is 13.7. The van der Waals surface area contributed by atoms with E-state index in [1.54, 1.807) is 14.2 Å². The average molecular weight is 292 g/mol. The van der Waals surface area contributed by atoms with E-state index in [0.717, 1.165) is 43.6 Å². The molecule has 1 heterocycles. The lowest BCUT2D eigenvalue weighted by atomic mass is 10.0. The van der Waals surface area contributed by atoms with E-state index in [1.807, 2.05) is 12.1 Å². The summed E-state index contributed by atoms with van der Waals surface area (Å²) in [5, 5.41) is 3.62. The summed E-state index contributed by atoms with van der Waals surface area (Å²) in [7, 11) is 3.40. The van der Waals surface area contributed by atoms with Crippen LogP contribution in [-0.4, -0.2) is 44.8 Å². The highest BCUT2D eigenvalue weighted by molar-refractivity contribution is 5.40. The summed E-state index contributed by atoms with van der Waals surface area (Å²) in [5.74, 6) is 2.49. The van der Waals surface area contributed by atoms with Crippen LogP contribution in [0, 0.1) is 5.92 Å². The lowest BCUT2D eigenvalue weighted by molar-refractivity contribution is 0.178. The number of ether oxygens (including phenoxy) is 2. The number of hydrogen-bond acceptors (Lipinski definition) is 4. The molecule has 118 valence electrons. The van der Waals surface area contributed by atoms with Gasteiger partial charge in [0.1, 0.15) is 11.5 Å². The third kappa shape index (κ3) is 4.61. The van der Waals surface area contributed by atoms with Crippen LogP contribution in [0.25, 0.3) is 0 Å². The molecule has 1 aliphatic rings. The highest BCUT2D eigenvalue weighted by atomic mass is 16.5. The van der Waals surface area contributed by atoms with Gasteiger partial charge in [-0.25, -0.2) is 0 Å². The van der Waals surface area contributed by atoms with E-state index >= 15 is 0 Å². The van der Waals surface area contributed by atoms with Crippen molar-refractivity contribution in [3.05, 3.63) is 23.8 Å². The Morgan fingerprint density at radius 1 is 1.29 bits per heavy atom. The molecular weight excluding hydrogens is 264 g/mol. The summed E-state index contributed by atoms with van der Waals surface area (Å²) in [6.07, 6.45) is 1.23. The van der Waals surface area contributed by atoms with E-state index in [1.165, 1.54) is 12.0 Å². The smallest absolute Gasteiger partial charge is 0.127 e. The van der Waals surface area contributed by atoms with Crippen molar-refractivity contribution in [2.24, 2.45) is 5.92 Å². The minimum atomic E-state index is 0.600. The monoisotopic (exact) mass is 292 g/mol. The van der Waals surface area contributed by atoms with Gasteiger partial charge < -0.3 is 14.8 Å². The Balaban J connectivity index is 2.00. The molecule has 1 aromatic carbocycles. The molecule has 1 N–H and O–H groups in total. The first-order valence-electron chi connectivity index (χ1n) is 7.79. The van der Waals surface area contributed by atoms with Crippen LogP contribution in [0.2, 0.25) is 0 Å². The second-order valence-corrected chi connectivity index (χ2v) is 6.19. The molecule has 1 saturated heterocycles. The number of benzene rings is 1. The zero-order valence-electron chi connectivity index (χ0n) is 13.7. The van der Waals surface area contributed by atoms with Crippen molar-refractivity contribution in [2.75, 3.05) is 33.9 Å². The summed E-state index contributed by atoms with van der Waals surface area (Å²) >= 11 is 0. The molecule has 0 amide bonds. The minimum Gasteiger partial charge on any atom is -0.497 e. The lowest BCUT2D eigenvalue weighted by Crippen LogP contribution is -2.50. The van der Waals surface area contributed by atoms with Crippen LogP contribution in [0.15, 0.2) is 18.2 Å². The van der Waals surface area contributed by atoms with Crippen LogP contribution in [0.4, 0.5) is 0 Å². The van der Waals surface area contributed by atoms with E-state index in [4.69, 9.17) is 9.47 Å². The Morgan fingerprint density at radius 2 is 2.10 bits per heavy atom. The van der Waals surface area contributed by atoms with Crippen LogP contribution in [0.5, 0.6) is 11.5 Å². The van der Waals surface area contributed by atoms with Crippen molar-refractivity contribution in [1.29, 1.82) is 0 Å². The van der Waals surface area contributed by atoms with Crippen molar-refractivity contribution >= 4 is 0 Å². The highest BCUT2D eigenvalue weighted by Crippen LogP contribution is 2.26. The van der Waals surface area contributed by atoms with Gasteiger partial charge in [-0.05, 0) is 18.4 Å². The molecule has 1 aliphatic heterocycles. The summed E-state index contributed by atoms with van der Waals surface area (Å²) in [6.45, 7) is 8.76. The molecule has 0 saturated carbocycles. The summed E-state index contributed by atoms with van der Waals surface area (Å²) < 4.78 is 10.8. The Labute approximate surface area is 128 Å². The standard InChI is InChI=1S/C17H28N2O2/c1-13(2)9-15-12-19(8-7-18-15)11-14-5-6-16(20-3)10-17(14)21-4/h5-6,10,13,15,18H,7-9,11-12H2,1-4H3. The fourth-order valence-corrected chi connectivity index (χ4v) is 2.99. The highest BCUT2D eigenvalue weighted by Gasteiger charge is 2.21. The molecule has 2 rings (SSSR count). The van der Waals surface area contributed by atoms with Crippen LogP contribution < -0.4 is 14.8 Å². The van der Waals surface area contributed by atoms with Gasteiger partial charge in [0.2, 0.25) is 0 Å². The summed E-state index contributed by atoms with van der Waals surface area (Å²) in [4.78, 5) is 2.51. The first kappa shape index (κ1) is 16.1. The second kappa shape index (κ2) is 7.66. The Bertz CT molecular complexity index is 448. The number of piperazine rings is 1. The van der Waals surface area contributed by atoms with Gasteiger partial charge >= 0.3 is 0 Å². The van der Waals surface area contributed by atoms with Crippen molar-refractivity contribution in [1.82, 2.24) is 10.2 Å². The number of nitrogens with zero attached hydrogens (tertiary/aromatic N) is 1. The third-order valence-electron chi connectivity index (χ3n) is 3.98. The molecule has 0 aliphatic carbocycles. The molecule has 21 heavy (non-hydrogen) atoms. The SMILES string of the molecule is COc1ccc(CN2CCNC(CC(C)C)C2)c(OC)c1. The molecule has 4 heteroatoms. The predicted molar refractivity (Wildman–Crippen MR) is 86.1 cm³/mol. The fraction of sp³-hybridized carbons (Fsp3) is 0.647. The Kier molecular flexibility index (Phi) is 5.88. The summed E-state index contributed by atoms with van der Waals surface area (Å²) in [5.41, 5.74) is 1.23. The second-order valence-electron chi connectivity index (χ2n) is 6.19. The van der Waals surface area contributed by atoms with Gasteiger partial charge in [-0.15, -0.1) is 0 Å². The van der Waals surface area contributed by atoms with Gasteiger partial charge in [-0.3, -0.25) is 4.90 Å². The van der Waals surface area contributed by atoms with E-state index in [0.29, 0.717) is 6.04 Å². The third-order valence-corrected chi connectivity index (χ3v) is 3.98. The van der Waals surface area contributed by atoms with Crippen molar-refractivity contribution in [2.45, 2.75) is 32.9 Å². The topological polar surface area (TPSA) is 33.7 Å². The maximum Gasteiger partial charge on any atom is 0.127 e. The molecule has 0 radical (unpaired) electrons. The molecule has 1 fully saturated rings. The number of hydrogen-bond donors (Lipinski definition) is 1. The Hall–Kier alpha value is -1.26. The zero-order chi connectivity index (χ0) is 15.2. The van der Waals surface area contributed by atoms with Crippen LogP contribution in [-0.2, 0) is 6.54 Å². The molecule has 0 bridgehead atoms. The first-order chi connectivity index (χ1) is 10.1. The number of methoxy groups -OCH3 is 2. The van der Waals surface area contributed by atoms with Crippen LogP contribution in [0.1, 0.15) is 25.8 Å². The normalized spacial score (nSPS) is 19.8. The van der Waals surface area contributed by atoms with E-state index in [-0.39, 0.29) is 0 Å². The van der Waals surface area contributed by atoms with Crippen molar-refractivity contribution in [3.8, 4) is 11.5 Å². The number of rotatable bonds is 6. The number of nitrogens with one attached hydrogen (secondary N) is 1. The summed E-state index contributed by atoms with van der Waals surface area (Å²) in [6, 6.07) is 6.68. The van der Waals surface area contributed by atoms with Crippen molar-refractivity contribution < 1.29 is 9.47 Å². The maximum atomic E-state index is 5.50. The van der Waals surface area contributed by atoms with Crippen LogP contribution in [0.3, 0.4) is 0 Å². The molecular formula is C17H28N2O2. The average Bonchev–Trinajstić information content (AvgIpc) is 2.47. The predicted octanol–water partition coefficient (Wildman–Crippen LogP) is 2.52.